The molecule has 1 aliphatic heterocycles. The molecule has 0 saturated heterocycles. The lowest BCUT2D eigenvalue weighted by atomic mass is 9.98. The number of rotatable bonds is 8. The average Bonchev–Trinajstić information content (AvgIpc) is 3.76. The molecule has 1 amide bonds. The number of thiophene rings is 1. The number of pyridine rings is 1. The first-order valence-electron chi connectivity index (χ1n) is 14.7. The van der Waals surface area contributed by atoms with Crippen LogP contribution in [0.2, 0.25) is 0 Å². The van der Waals surface area contributed by atoms with Gasteiger partial charge >= 0.3 is 0 Å². The number of aromatic nitrogens is 3. The summed E-state index contributed by atoms with van der Waals surface area (Å²) in [5.41, 5.74) is 2.90. The molecule has 2 aromatic carbocycles. The average molecular weight is 669 g/mol. The first kappa shape index (κ1) is 33.0. The van der Waals surface area contributed by atoms with Crippen LogP contribution in [0.3, 0.4) is 0 Å². The van der Waals surface area contributed by atoms with Gasteiger partial charge in [0.2, 0.25) is 11.8 Å². The summed E-state index contributed by atoms with van der Waals surface area (Å²) in [5, 5.41) is 10.8. The Hall–Kier alpha value is -4.36. The Balaban J connectivity index is 0.00000134. The highest BCUT2D eigenvalue weighted by atomic mass is 32.2. The van der Waals surface area contributed by atoms with Crippen molar-refractivity contribution in [3.8, 4) is 21.9 Å². The number of nitrogens with one attached hydrogen (secondary N) is 1. The first-order chi connectivity index (χ1) is 22.0. The summed E-state index contributed by atoms with van der Waals surface area (Å²) in [6, 6.07) is 12.7. The Kier molecular flexibility index (Phi) is 10.0. The Morgan fingerprint density at radius 2 is 1.65 bits per heavy atom. The molecule has 13 heteroatoms. The summed E-state index contributed by atoms with van der Waals surface area (Å²) in [5.74, 6) is -2.57. The lowest BCUT2D eigenvalue weighted by molar-refractivity contribution is 0.0955. The molecule has 0 saturated carbocycles. The Labute approximate surface area is 268 Å². The van der Waals surface area contributed by atoms with Crippen molar-refractivity contribution in [1.29, 1.82) is 0 Å². The van der Waals surface area contributed by atoms with E-state index in [1.807, 2.05) is 0 Å². The zero-order valence-corrected chi connectivity index (χ0v) is 27.0. The molecule has 0 aliphatic carbocycles. The van der Waals surface area contributed by atoms with E-state index in [0.29, 0.717) is 45.8 Å². The molecule has 240 valence electrons. The van der Waals surface area contributed by atoms with E-state index < -0.39 is 27.4 Å². The molecule has 3 aromatic heterocycles. The molecule has 4 heterocycles. The Bertz CT molecular complexity index is 1990. The molecule has 0 radical (unpaired) electrons. The van der Waals surface area contributed by atoms with E-state index in [4.69, 9.17) is 9.40 Å². The molecule has 6 rings (SSSR count). The van der Waals surface area contributed by atoms with Crippen molar-refractivity contribution in [3.63, 3.8) is 0 Å². The van der Waals surface area contributed by atoms with Crippen LogP contribution < -0.4 is 5.32 Å². The molecule has 0 spiro atoms. The number of halogens is 3. The van der Waals surface area contributed by atoms with E-state index >= 15 is 0 Å². The summed E-state index contributed by atoms with van der Waals surface area (Å²) < 4.78 is 72.8. The van der Waals surface area contributed by atoms with Crippen LogP contribution in [0.1, 0.15) is 58.3 Å². The van der Waals surface area contributed by atoms with Crippen LogP contribution in [0.25, 0.3) is 21.9 Å². The quantitative estimate of drug-likeness (QED) is 0.189. The SMILES string of the molecule is CCC.Cc1nnc(-c2c(CCc3ccc(F)cc3)nc3c(c2-c2ccc(C(=O)NCc4ccc(F)c(F)c4)s2)S(=O)(=O)CC3)o1. The summed E-state index contributed by atoms with van der Waals surface area (Å²) in [4.78, 5) is 18.6. The maximum absolute atomic E-state index is 13.6. The number of carbonyl (C=O) groups is 1. The minimum absolute atomic E-state index is 0.0393. The number of fused-ring (bicyclic) bond motifs is 1. The third kappa shape index (κ3) is 7.20. The molecule has 0 fully saturated rings. The topological polar surface area (TPSA) is 115 Å². The molecule has 1 aliphatic rings. The van der Waals surface area contributed by atoms with Gasteiger partial charge in [-0.3, -0.25) is 9.78 Å². The fourth-order valence-electron chi connectivity index (χ4n) is 4.98. The molecule has 1 N–H and O–H groups in total. The summed E-state index contributed by atoms with van der Waals surface area (Å²) in [7, 11) is -3.72. The molecule has 8 nitrogen and oxygen atoms in total. The zero-order chi connectivity index (χ0) is 33.0. The van der Waals surface area contributed by atoms with Gasteiger partial charge in [0.05, 0.1) is 32.5 Å². The second-order valence-electron chi connectivity index (χ2n) is 10.7. The molecule has 46 heavy (non-hydrogen) atoms. The fraction of sp³-hybridized carbons (Fsp3) is 0.273. The maximum Gasteiger partial charge on any atom is 0.261 e. The number of nitrogens with zero attached hydrogens (tertiary/aromatic N) is 3. The highest BCUT2D eigenvalue weighted by Gasteiger charge is 2.36. The number of benzene rings is 2. The minimum Gasteiger partial charge on any atom is -0.421 e. The van der Waals surface area contributed by atoms with Crippen molar-refractivity contribution < 1.29 is 30.8 Å². The minimum atomic E-state index is -3.72. The van der Waals surface area contributed by atoms with Crippen molar-refractivity contribution in [3.05, 3.63) is 105 Å². The molecule has 0 unspecified atom stereocenters. The van der Waals surface area contributed by atoms with Gasteiger partial charge in [-0.2, -0.15) is 0 Å². The molecule has 5 aromatic rings. The predicted molar refractivity (Wildman–Crippen MR) is 169 cm³/mol. The van der Waals surface area contributed by atoms with Crippen molar-refractivity contribution in [1.82, 2.24) is 20.5 Å². The van der Waals surface area contributed by atoms with Crippen LogP contribution in [0, 0.1) is 24.4 Å². The van der Waals surface area contributed by atoms with E-state index in [0.717, 1.165) is 29.0 Å². The van der Waals surface area contributed by atoms with E-state index in [-0.39, 0.29) is 46.1 Å². The highest BCUT2D eigenvalue weighted by Crippen LogP contribution is 2.45. The molecular formula is C33H31F3N4O4S2. The highest BCUT2D eigenvalue weighted by molar-refractivity contribution is 7.91. The number of aryl methyl sites for hydroxylation is 4. The van der Waals surface area contributed by atoms with Gasteiger partial charge in [0, 0.05) is 30.3 Å². The van der Waals surface area contributed by atoms with Gasteiger partial charge in [-0.25, -0.2) is 21.6 Å². The van der Waals surface area contributed by atoms with Gasteiger partial charge in [0.25, 0.3) is 5.91 Å². The largest absolute Gasteiger partial charge is 0.421 e. The van der Waals surface area contributed by atoms with Crippen molar-refractivity contribution in [2.75, 3.05) is 5.75 Å². The third-order valence-corrected chi connectivity index (χ3v) is 9.94. The Morgan fingerprint density at radius 1 is 0.935 bits per heavy atom. The number of carbonyl (C=O) groups excluding carboxylic acids is 1. The van der Waals surface area contributed by atoms with Crippen LogP contribution in [0.4, 0.5) is 13.2 Å². The van der Waals surface area contributed by atoms with Crippen molar-refractivity contribution in [2.24, 2.45) is 0 Å². The lowest BCUT2D eigenvalue weighted by Crippen LogP contribution is -2.21. The zero-order valence-electron chi connectivity index (χ0n) is 25.4. The van der Waals surface area contributed by atoms with Crippen LogP contribution in [0.5, 0.6) is 0 Å². The smallest absolute Gasteiger partial charge is 0.261 e. The van der Waals surface area contributed by atoms with Crippen molar-refractivity contribution in [2.45, 2.75) is 57.9 Å². The maximum atomic E-state index is 13.6. The molecule has 0 atom stereocenters. The van der Waals surface area contributed by atoms with Crippen LogP contribution in [-0.4, -0.2) is 35.3 Å². The van der Waals surface area contributed by atoms with E-state index in [2.05, 4.69) is 29.4 Å². The summed E-state index contributed by atoms with van der Waals surface area (Å²) in [6.07, 6.45) is 2.33. The van der Waals surface area contributed by atoms with Crippen molar-refractivity contribution >= 4 is 27.1 Å². The second kappa shape index (κ2) is 14.0. The van der Waals surface area contributed by atoms with Crippen LogP contribution in [-0.2, 0) is 35.6 Å². The normalized spacial score (nSPS) is 13.2. The van der Waals surface area contributed by atoms with Gasteiger partial charge in [-0.05, 0) is 60.4 Å². The van der Waals surface area contributed by atoms with E-state index in [9.17, 15) is 26.4 Å². The number of amides is 1. The first-order valence-corrected chi connectivity index (χ1v) is 17.1. The van der Waals surface area contributed by atoms with Crippen LogP contribution >= 0.6 is 11.3 Å². The van der Waals surface area contributed by atoms with Gasteiger partial charge in [-0.1, -0.05) is 38.5 Å². The molecular weight excluding hydrogens is 638 g/mol. The van der Waals surface area contributed by atoms with Gasteiger partial charge in [0.1, 0.15) is 5.82 Å². The molecule has 0 bridgehead atoms. The predicted octanol–water partition coefficient (Wildman–Crippen LogP) is 7.05. The third-order valence-electron chi connectivity index (χ3n) is 7.03. The number of hydrogen-bond donors (Lipinski definition) is 1. The standard InChI is InChI=1S/C30H23F3N4O4S2.C3H8/c1-16-36-37-30(41-16)26-22(9-5-17-2-6-19(31)7-3-17)35-23-12-13-43(39,40)28(23)27(26)24-10-11-25(42-24)29(38)34-15-18-4-8-20(32)21(33)14-18;1-3-2/h2-4,6-8,10-11,14H,5,9,12-13,15H2,1H3,(H,34,38);3H2,1-2H3. The van der Waals surface area contributed by atoms with Gasteiger partial charge < -0.3 is 9.73 Å². The van der Waals surface area contributed by atoms with E-state index in [1.54, 1.807) is 31.2 Å². The summed E-state index contributed by atoms with van der Waals surface area (Å²) in [6.45, 7) is 5.83. The fourth-order valence-corrected chi connectivity index (χ4v) is 7.72. The Morgan fingerprint density at radius 3 is 2.33 bits per heavy atom. The van der Waals surface area contributed by atoms with Crippen LogP contribution in [0.15, 0.2) is 63.9 Å². The summed E-state index contributed by atoms with van der Waals surface area (Å²) >= 11 is 1.07. The number of sulfone groups is 1. The second-order valence-corrected chi connectivity index (χ2v) is 13.8. The van der Waals surface area contributed by atoms with E-state index in [1.165, 1.54) is 24.6 Å². The monoisotopic (exact) mass is 668 g/mol. The van der Waals surface area contributed by atoms with Gasteiger partial charge in [-0.15, -0.1) is 21.5 Å². The lowest BCUT2D eigenvalue weighted by Gasteiger charge is -2.15. The van der Waals surface area contributed by atoms with Gasteiger partial charge in [0.15, 0.2) is 21.5 Å². The number of hydrogen-bond acceptors (Lipinski definition) is 8.